The topological polar surface area (TPSA) is 98.5 Å². The van der Waals surface area contributed by atoms with Gasteiger partial charge >= 0.3 is 5.97 Å². The van der Waals surface area contributed by atoms with Gasteiger partial charge in [0.2, 0.25) is 0 Å². The lowest BCUT2D eigenvalue weighted by Gasteiger charge is -2.05. The van der Waals surface area contributed by atoms with E-state index in [2.05, 4.69) is 26.0 Å². The number of nitro benzene ring substituents is 1. The van der Waals surface area contributed by atoms with Crippen molar-refractivity contribution in [2.24, 2.45) is 0 Å². The highest BCUT2D eigenvalue weighted by Crippen LogP contribution is 2.25. The number of nitrogens with one attached hydrogen (secondary N) is 1. The third-order valence-corrected chi connectivity index (χ3v) is 3.40. The van der Waals surface area contributed by atoms with E-state index in [1.54, 1.807) is 0 Å². The fourth-order valence-corrected chi connectivity index (χ4v) is 1.99. The van der Waals surface area contributed by atoms with Crippen molar-refractivity contribution in [2.45, 2.75) is 19.3 Å². The van der Waals surface area contributed by atoms with Gasteiger partial charge in [0.25, 0.3) is 11.6 Å². The first-order valence-electron chi connectivity index (χ1n) is 6.24. The van der Waals surface area contributed by atoms with Gasteiger partial charge < -0.3 is 10.1 Å². The number of carbonyl (C=O) groups is 2. The van der Waals surface area contributed by atoms with Crippen LogP contribution in [0.15, 0.2) is 22.7 Å². The Morgan fingerprint density at radius 2 is 2.10 bits per heavy atom. The van der Waals surface area contributed by atoms with E-state index in [0.717, 1.165) is 0 Å². The van der Waals surface area contributed by atoms with E-state index in [4.69, 9.17) is 0 Å². The summed E-state index contributed by atoms with van der Waals surface area (Å²) < 4.78 is 4.82. The minimum atomic E-state index is -0.558. The highest BCUT2D eigenvalue weighted by molar-refractivity contribution is 9.10. The summed E-state index contributed by atoms with van der Waals surface area (Å²) in [6.07, 6.45) is 1.53. The average Bonchev–Trinajstić information content (AvgIpc) is 2.46. The Hall–Kier alpha value is -1.96. The normalized spacial score (nSPS) is 10.0. The summed E-state index contributed by atoms with van der Waals surface area (Å²) in [4.78, 5) is 33.0. The average molecular weight is 359 g/mol. The fourth-order valence-electron chi connectivity index (χ4n) is 1.59. The van der Waals surface area contributed by atoms with E-state index in [1.807, 2.05) is 0 Å². The van der Waals surface area contributed by atoms with Crippen LogP contribution in [0.3, 0.4) is 0 Å². The molecule has 8 heteroatoms. The summed E-state index contributed by atoms with van der Waals surface area (Å²) in [5.41, 5.74) is 0.0613. The first-order valence-corrected chi connectivity index (χ1v) is 7.04. The molecule has 0 bridgehead atoms. The van der Waals surface area contributed by atoms with Crippen molar-refractivity contribution in [3.05, 3.63) is 38.3 Å². The summed E-state index contributed by atoms with van der Waals surface area (Å²) >= 11 is 3.06. The molecule has 1 aromatic carbocycles. The second kappa shape index (κ2) is 8.35. The van der Waals surface area contributed by atoms with Crippen LogP contribution in [-0.2, 0) is 9.53 Å². The molecule has 114 valence electrons. The summed E-state index contributed by atoms with van der Waals surface area (Å²) in [5, 5.41) is 13.4. The Bertz CT molecular complexity index is 547. The standard InChI is InChI=1S/C13H15BrN2O5/c1-21-12(17)4-2-3-7-15-13(18)9-5-6-10(14)11(8-9)16(19)20/h5-6,8H,2-4,7H2,1H3,(H,15,18). The maximum Gasteiger partial charge on any atom is 0.305 e. The molecule has 1 amide bonds. The number of hydrogen-bond donors (Lipinski definition) is 1. The van der Waals surface area contributed by atoms with Crippen LogP contribution in [0.25, 0.3) is 0 Å². The number of esters is 1. The van der Waals surface area contributed by atoms with Gasteiger partial charge in [0.05, 0.1) is 16.5 Å². The largest absolute Gasteiger partial charge is 0.469 e. The monoisotopic (exact) mass is 358 g/mol. The first kappa shape index (κ1) is 17.1. The first-order chi connectivity index (χ1) is 9.95. The number of halogens is 1. The summed E-state index contributed by atoms with van der Waals surface area (Å²) in [5.74, 6) is -0.673. The van der Waals surface area contributed by atoms with E-state index in [0.29, 0.717) is 30.3 Å². The number of methoxy groups -OCH3 is 1. The number of rotatable bonds is 7. The Labute approximate surface area is 129 Å². The maximum atomic E-state index is 11.8. The molecule has 0 radical (unpaired) electrons. The molecule has 0 saturated carbocycles. The van der Waals surface area contributed by atoms with Crippen LogP contribution in [0.2, 0.25) is 0 Å². The number of ether oxygens (including phenoxy) is 1. The van der Waals surface area contributed by atoms with Gasteiger partial charge in [-0.1, -0.05) is 0 Å². The molecule has 0 aliphatic heterocycles. The molecule has 1 aromatic rings. The second-order valence-electron chi connectivity index (χ2n) is 4.21. The molecule has 0 heterocycles. The van der Waals surface area contributed by atoms with Gasteiger partial charge in [-0.3, -0.25) is 19.7 Å². The quantitative estimate of drug-likeness (QED) is 0.349. The van der Waals surface area contributed by atoms with Crippen LogP contribution < -0.4 is 5.32 Å². The molecule has 21 heavy (non-hydrogen) atoms. The fraction of sp³-hybridized carbons (Fsp3) is 0.385. The van der Waals surface area contributed by atoms with Gasteiger partial charge in [0, 0.05) is 24.6 Å². The molecule has 0 unspecified atom stereocenters. The highest BCUT2D eigenvalue weighted by Gasteiger charge is 2.15. The van der Waals surface area contributed by atoms with Crippen LogP contribution in [0, 0.1) is 10.1 Å². The Balaban J connectivity index is 2.47. The zero-order chi connectivity index (χ0) is 15.8. The smallest absolute Gasteiger partial charge is 0.305 e. The van der Waals surface area contributed by atoms with Crippen molar-refractivity contribution < 1.29 is 19.2 Å². The zero-order valence-corrected chi connectivity index (χ0v) is 13.0. The number of amides is 1. The molecular formula is C13H15BrN2O5. The van der Waals surface area contributed by atoms with Crippen molar-refractivity contribution in [2.75, 3.05) is 13.7 Å². The molecule has 0 spiro atoms. The van der Waals surface area contributed by atoms with Gasteiger partial charge in [-0.2, -0.15) is 0 Å². The minimum absolute atomic E-state index is 0.159. The number of unbranched alkanes of at least 4 members (excludes halogenated alkanes) is 1. The Kier molecular flexibility index (Phi) is 6.80. The third-order valence-electron chi connectivity index (χ3n) is 2.73. The number of nitro groups is 1. The van der Waals surface area contributed by atoms with Gasteiger partial charge in [0.15, 0.2) is 0 Å². The van der Waals surface area contributed by atoms with E-state index in [1.165, 1.54) is 25.3 Å². The van der Waals surface area contributed by atoms with Crippen molar-refractivity contribution in [1.82, 2.24) is 5.32 Å². The van der Waals surface area contributed by atoms with Gasteiger partial charge in [-0.05, 0) is 40.9 Å². The van der Waals surface area contributed by atoms with Crippen LogP contribution in [-0.4, -0.2) is 30.5 Å². The Morgan fingerprint density at radius 3 is 2.71 bits per heavy atom. The molecule has 1 rings (SSSR count). The van der Waals surface area contributed by atoms with Crippen LogP contribution in [0.4, 0.5) is 5.69 Å². The molecule has 0 atom stereocenters. The van der Waals surface area contributed by atoms with Crippen LogP contribution in [0.5, 0.6) is 0 Å². The molecule has 0 saturated heterocycles. The number of benzene rings is 1. The van der Waals surface area contributed by atoms with E-state index in [9.17, 15) is 19.7 Å². The number of hydrogen-bond acceptors (Lipinski definition) is 5. The molecule has 0 aromatic heterocycles. The molecule has 0 fully saturated rings. The van der Waals surface area contributed by atoms with Crippen molar-refractivity contribution in [3.63, 3.8) is 0 Å². The SMILES string of the molecule is COC(=O)CCCCNC(=O)c1ccc(Br)c([N+](=O)[O-])c1. The molecule has 1 N–H and O–H groups in total. The van der Waals surface area contributed by atoms with E-state index < -0.39 is 4.92 Å². The van der Waals surface area contributed by atoms with Gasteiger partial charge in [-0.15, -0.1) is 0 Å². The molecule has 0 aliphatic rings. The van der Waals surface area contributed by atoms with Crippen molar-refractivity contribution >= 4 is 33.5 Å². The lowest BCUT2D eigenvalue weighted by atomic mass is 10.2. The second-order valence-corrected chi connectivity index (χ2v) is 5.07. The van der Waals surface area contributed by atoms with Crippen molar-refractivity contribution in [1.29, 1.82) is 0 Å². The predicted molar refractivity (Wildman–Crippen MR) is 79.0 cm³/mol. The third kappa shape index (κ3) is 5.50. The minimum Gasteiger partial charge on any atom is -0.469 e. The van der Waals surface area contributed by atoms with E-state index in [-0.39, 0.29) is 23.1 Å². The predicted octanol–water partition coefficient (Wildman–Crippen LogP) is 2.43. The molecule has 7 nitrogen and oxygen atoms in total. The maximum absolute atomic E-state index is 11.8. The van der Waals surface area contributed by atoms with Crippen molar-refractivity contribution in [3.8, 4) is 0 Å². The Morgan fingerprint density at radius 1 is 1.38 bits per heavy atom. The lowest BCUT2D eigenvalue weighted by Crippen LogP contribution is -2.24. The van der Waals surface area contributed by atoms with Gasteiger partial charge in [-0.25, -0.2) is 0 Å². The van der Waals surface area contributed by atoms with E-state index >= 15 is 0 Å². The highest BCUT2D eigenvalue weighted by atomic mass is 79.9. The number of carbonyl (C=O) groups excluding carboxylic acids is 2. The number of nitrogens with zero attached hydrogens (tertiary/aromatic N) is 1. The molecule has 0 aliphatic carbocycles. The summed E-state index contributed by atoms with van der Waals surface area (Å²) in [7, 11) is 1.32. The zero-order valence-electron chi connectivity index (χ0n) is 11.4. The van der Waals surface area contributed by atoms with Gasteiger partial charge in [0.1, 0.15) is 0 Å². The van der Waals surface area contributed by atoms with Crippen LogP contribution >= 0.6 is 15.9 Å². The summed E-state index contributed by atoms with van der Waals surface area (Å²) in [6, 6.07) is 4.18. The lowest BCUT2D eigenvalue weighted by molar-refractivity contribution is -0.385. The van der Waals surface area contributed by atoms with Crippen LogP contribution in [0.1, 0.15) is 29.6 Å². The molecular weight excluding hydrogens is 344 g/mol. The summed E-state index contributed by atoms with van der Waals surface area (Å²) in [6.45, 7) is 0.389.